The summed E-state index contributed by atoms with van der Waals surface area (Å²) >= 11 is 1.88. The zero-order valence-electron chi connectivity index (χ0n) is 36.5. The number of furan rings is 1. The molecule has 1 aliphatic carbocycles. The van der Waals surface area contributed by atoms with Crippen molar-refractivity contribution in [3.8, 4) is 11.1 Å². The highest BCUT2D eigenvalue weighted by atomic mass is 32.1. The fraction of sp³-hybridized carbons (Fsp3) is 0.0476. The van der Waals surface area contributed by atoms with E-state index in [-0.39, 0.29) is 5.41 Å². The molecule has 0 bridgehead atoms. The Balaban J connectivity index is 1.16. The monoisotopic (exact) mass is 859 g/mol. The third kappa shape index (κ3) is 5.35. The number of thiophene rings is 1. The maximum absolute atomic E-state index is 6.59. The van der Waals surface area contributed by atoms with E-state index in [0.717, 1.165) is 39.0 Å². The summed E-state index contributed by atoms with van der Waals surface area (Å²) in [5.41, 5.74) is 10.1. The second kappa shape index (κ2) is 14.0. The highest BCUT2D eigenvalue weighted by Gasteiger charge is 2.36. The van der Waals surface area contributed by atoms with Gasteiger partial charge >= 0.3 is 0 Å². The number of para-hydroxylation sites is 1. The van der Waals surface area contributed by atoms with Crippen molar-refractivity contribution in [3.05, 3.63) is 223 Å². The molecular weight excluding hydrogens is 819 g/mol. The third-order valence-electron chi connectivity index (χ3n) is 14.5. The molecule has 0 saturated heterocycles. The number of hydrogen-bond acceptors (Lipinski definition) is 3. The maximum Gasteiger partial charge on any atom is 0.137 e. The molecule has 0 saturated carbocycles. The van der Waals surface area contributed by atoms with Gasteiger partial charge in [-0.25, -0.2) is 0 Å². The predicted octanol–water partition coefficient (Wildman–Crippen LogP) is 18.6. The Morgan fingerprint density at radius 1 is 0.348 bits per heavy atom. The molecule has 0 spiro atoms. The summed E-state index contributed by atoms with van der Waals surface area (Å²) in [6.45, 7) is 4.73. The van der Waals surface area contributed by atoms with Crippen LogP contribution in [0.25, 0.3) is 107 Å². The van der Waals surface area contributed by atoms with Crippen LogP contribution in [0.2, 0.25) is 0 Å². The van der Waals surface area contributed by atoms with Crippen molar-refractivity contribution in [2.45, 2.75) is 19.3 Å². The number of fused-ring (bicyclic) bond motifs is 19. The lowest BCUT2D eigenvalue weighted by atomic mass is 9.82. The van der Waals surface area contributed by atoms with Crippen molar-refractivity contribution >= 4 is 124 Å². The number of rotatable bonds is 3. The topological polar surface area (TPSA) is 16.4 Å². The molecule has 2 aromatic heterocycles. The first-order valence-electron chi connectivity index (χ1n) is 22.8. The molecule has 0 aliphatic heterocycles. The van der Waals surface area contributed by atoms with Crippen molar-refractivity contribution in [2.24, 2.45) is 0 Å². The summed E-state index contributed by atoms with van der Waals surface area (Å²) < 4.78 is 9.18. The van der Waals surface area contributed by atoms with E-state index >= 15 is 0 Å². The van der Waals surface area contributed by atoms with Gasteiger partial charge in [0.05, 0.1) is 11.1 Å². The van der Waals surface area contributed by atoms with Gasteiger partial charge in [0.25, 0.3) is 0 Å². The fourth-order valence-corrected chi connectivity index (χ4v) is 12.5. The SMILES string of the molecule is CC1(C)c2ccccc2-c2ccc(N(c3ccc4c(c3)c3ccccc3c3ccccc3c3ccccc3c3cc5c(cc43)sc3ccccc35)c3cccc4oc5ccccc5c34)cc21. The smallest absolute Gasteiger partial charge is 0.137 e. The van der Waals surface area contributed by atoms with Gasteiger partial charge in [0.2, 0.25) is 0 Å². The van der Waals surface area contributed by atoms with E-state index in [1.165, 1.54) is 96.3 Å². The van der Waals surface area contributed by atoms with Crippen LogP contribution < -0.4 is 4.90 Å². The summed E-state index contributed by atoms with van der Waals surface area (Å²) in [7, 11) is 0. The van der Waals surface area contributed by atoms with Crippen molar-refractivity contribution in [1.82, 2.24) is 0 Å². The van der Waals surface area contributed by atoms with E-state index < -0.39 is 0 Å². The van der Waals surface area contributed by atoms with E-state index in [4.69, 9.17) is 4.42 Å². The second-order valence-corrected chi connectivity index (χ2v) is 19.4. The fourth-order valence-electron chi connectivity index (χ4n) is 11.4. The lowest BCUT2D eigenvalue weighted by Crippen LogP contribution is -2.16. The molecule has 0 fully saturated rings. The summed E-state index contributed by atoms with van der Waals surface area (Å²) in [6, 6.07) is 78.9. The molecule has 2 nitrogen and oxygen atoms in total. The van der Waals surface area contributed by atoms with Crippen LogP contribution in [0.1, 0.15) is 25.0 Å². The molecular formula is C63H41NOS. The Morgan fingerprint density at radius 2 is 0.864 bits per heavy atom. The number of anilines is 3. The first-order valence-corrected chi connectivity index (χ1v) is 23.6. The van der Waals surface area contributed by atoms with Crippen molar-refractivity contribution in [2.75, 3.05) is 4.90 Å². The Morgan fingerprint density at radius 3 is 1.59 bits per heavy atom. The lowest BCUT2D eigenvalue weighted by Gasteiger charge is -2.29. The highest BCUT2D eigenvalue weighted by molar-refractivity contribution is 7.25. The minimum Gasteiger partial charge on any atom is -0.456 e. The van der Waals surface area contributed by atoms with Gasteiger partial charge in [-0.1, -0.05) is 166 Å². The van der Waals surface area contributed by atoms with E-state index in [1.807, 2.05) is 11.3 Å². The van der Waals surface area contributed by atoms with Crippen LogP contribution in [-0.4, -0.2) is 0 Å². The Bertz CT molecular complexity index is 4280. The van der Waals surface area contributed by atoms with Gasteiger partial charge in [0.15, 0.2) is 0 Å². The lowest BCUT2D eigenvalue weighted by molar-refractivity contribution is 0.660. The minimum absolute atomic E-state index is 0.172. The molecule has 14 rings (SSSR count). The summed E-state index contributed by atoms with van der Waals surface area (Å²) in [5.74, 6) is 0. The molecule has 0 amide bonds. The molecule has 3 heteroatoms. The normalized spacial score (nSPS) is 13.1. The van der Waals surface area contributed by atoms with Crippen molar-refractivity contribution in [3.63, 3.8) is 0 Å². The molecule has 2 heterocycles. The van der Waals surface area contributed by atoms with Gasteiger partial charge in [-0.3, -0.25) is 0 Å². The first-order chi connectivity index (χ1) is 32.5. The molecule has 310 valence electrons. The van der Waals surface area contributed by atoms with Crippen molar-refractivity contribution < 1.29 is 4.42 Å². The van der Waals surface area contributed by atoms with Crippen LogP contribution in [0, 0.1) is 0 Å². The molecule has 1 aliphatic rings. The Kier molecular flexibility index (Phi) is 7.94. The van der Waals surface area contributed by atoms with Gasteiger partial charge in [-0.15, -0.1) is 11.3 Å². The van der Waals surface area contributed by atoms with Gasteiger partial charge in [0, 0.05) is 42.3 Å². The van der Waals surface area contributed by atoms with Crippen molar-refractivity contribution in [1.29, 1.82) is 0 Å². The minimum atomic E-state index is -0.172. The van der Waals surface area contributed by atoms with E-state index in [2.05, 4.69) is 231 Å². The summed E-state index contributed by atoms with van der Waals surface area (Å²) in [4.78, 5) is 2.48. The molecule has 0 N–H and O–H groups in total. The molecule has 66 heavy (non-hydrogen) atoms. The zero-order valence-corrected chi connectivity index (χ0v) is 37.3. The second-order valence-electron chi connectivity index (χ2n) is 18.3. The molecule has 0 unspecified atom stereocenters. The average molecular weight is 860 g/mol. The van der Waals surface area contributed by atoms with Gasteiger partial charge in [-0.2, -0.15) is 0 Å². The van der Waals surface area contributed by atoms with Crippen LogP contribution in [0.5, 0.6) is 0 Å². The summed E-state index contributed by atoms with van der Waals surface area (Å²) in [5, 5.41) is 16.9. The third-order valence-corrected chi connectivity index (χ3v) is 15.6. The summed E-state index contributed by atoms with van der Waals surface area (Å²) in [6.07, 6.45) is 0. The Labute approximate surface area is 385 Å². The van der Waals surface area contributed by atoms with Gasteiger partial charge < -0.3 is 9.32 Å². The zero-order chi connectivity index (χ0) is 43.7. The highest BCUT2D eigenvalue weighted by Crippen LogP contribution is 2.52. The van der Waals surface area contributed by atoms with Crippen LogP contribution in [0.3, 0.4) is 0 Å². The number of nitrogens with zero attached hydrogens (tertiary/aromatic N) is 1. The molecule has 0 radical (unpaired) electrons. The molecule has 13 aromatic rings. The van der Waals surface area contributed by atoms with Crippen LogP contribution in [-0.2, 0) is 5.41 Å². The van der Waals surface area contributed by atoms with E-state index in [0.29, 0.717) is 0 Å². The van der Waals surface area contributed by atoms with E-state index in [9.17, 15) is 0 Å². The Hall–Kier alpha value is -7.98. The standard InChI is InChI=1S/C63H41NOS/c1-63(2)55-25-12-9-22-47(55)48-33-31-39(35-56(48)63)64(57-26-15-28-59-62(57)50-24-10-13-27-58(50)65-59)38-30-32-46-51(34-38)44-20-7-5-18-42(44)40-16-3-4-17-41(40)43-19-6-8-21-45(43)52-36-54-49-23-11-14-29-60(49)66-61(54)37-53(46)52/h3-37H,1-2H3. The quantitative estimate of drug-likeness (QED) is 0.176. The molecule has 0 atom stereocenters. The predicted molar refractivity (Wildman–Crippen MR) is 284 cm³/mol. The van der Waals surface area contributed by atoms with E-state index in [1.54, 1.807) is 0 Å². The van der Waals surface area contributed by atoms with Gasteiger partial charge in [-0.05, 0) is 137 Å². The largest absolute Gasteiger partial charge is 0.456 e. The number of hydrogen-bond donors (Lipinski definition) is 0. The number of benzene rings is 10. The maximum atomic E-state index is 6.59. The first kappa shape index (κ1) is 37.4. The van der Waals surface area contributed by atoms with Crippen LogP contribution >= 0.6 is 11.3 Å². The van der Waals surface area contributed by atoms with Gasteiger partial charge in [0.1, 0.15) is 11.2 Å². The average Bonchev–Trinajstić information content (AvgIpc) is 4.01. The molecule has 11 aromatic carbocycles. The van der Waals surface area contributed by atoms with Crippen LogP contribution in [0.4, 0.5) is 17.1 Å². The van der Waals surface area contributed by atoms with Crippen LogP contribution in [0.15, 0.2) is 217 Å².